The van der Waals surface area contributed by atoms with Crippen molar-refractivity contribution in [3.05, 3.63) is 65.7 Å². The molecule has 4 saturated carbocycles. The zero-order valence-corrected chi connectivity index (χ0v) is 38.8. The van der Waals surface area contributed by atoms with Crippen LogP contribution in [0.25, 0.3) is 0 Å². The van der Waals surface area contributed by atoms with Gasteiger partial charge in [-0.2, -0.15) is 11.8 Å². The average Bonchev–Trinajstić information content (AvgIpc) is 3.19. The molecule has 0 saturated heterocycles. The molecule has 6 N–H and O–H groups in total. The molecule has 6 rings (SSSR count). The molecule has 0 aromatic heterocycles. The Bertz CT molecular complexity index is 1950. The summed E-state index contributed by atoms with van der Waals surface area (Å²) in [6.45, 7) is 9.72. The number of aliphatic carboxylic acids is 1. The first-order valence-corrected chi connectivity index (χ1v) is 23.4. The number of carbonyl (C=O) groups is 7. The summed E-state index contributed by atoms with van der Waals surface area (Å²) < 4.78 is 16.1. The third kappa shape index (κ3) is 14.9. The number of nitrogens with one attached hydrogen (secondary N) is 5. The Labute approximate surface area is 379 Å². The van der Waals surface area contributed by atoms with Crippen molar-refractivity contribution >= 4 is 53.6 Å². The fourth-order valence-electron chi connectivity index (χ4n) is 9.57. The summed E-state index contributed by atoms with van der Waals surface area (Å²) >= 11 is 1.45. The number of carboxylic acid groups (broad SMARTS) is 1. The lowest BCUT2D eigenvalue weighted by Crippen LogP contribution is -2.64. The van der Waals surface area contributed by atoms with E-state index in [4.69, 9.17) is 14.2 Å². The summed E-state index contributed by atoms with van der Waals surface area (Å²) in [4.78, 5) is 93.6. The summed E-state index contributed by atoms with van der Waals surface area (Å²) in [5.41, 5.74) is -0.893. The van der Waals surface area contributed by atoms with E-state index in [1.165, 1.54) is 11.8 Å². The van der Waals surface area contributed by atoms with E-state index in [0.717, 1.165) is 24.8 Å². The highest BCUT2D eigenvalue weighted by molar-refractivity contribution is 7.98. The number of ether oxygens (including phenoxy) is 3. The molecule has 17 heteroatoms. The third-order valence-electron chi connectivity index (χ3n) is 11.8. The lowest BCUT2D eigenvalue weighted by molar-refractivity contribution is -0.143. The van der Waals surface area contributed by atoms with Gasteiger partial charge in [0.1, 0.15) is 41.1 Å². The predicted molar refractivity (Wildman–Crippen MR) is 240 cm³/mol. The van der Waals surface area contributed by atoms with Crippen molar-refractivity contribution in [3.63, 3.8) is 0 Å². The largest absolute Gasteiger partial charge is 0.514 e. The van der Waals surface area contributed by atoms with Crippen molar-refractivity contribution in [1.82, 2.24) is 26.6 Å². The molecule has 350 valence electrons. The van der Waals surface area contributed by atoms with Crippen LogP contribution in [0.4, 0.5) is 9.59 Å². The molecule has 0 heterocycles. The van der Waals surface area contributed by atoms with Crippen LogP contribution in [0.3, 0.4) is 0 Å². The first-order valence-electron chi connectivity index (χ1n) is 22.0. The van der Waals surface area contributed by atoms with Crippen LogP contribution in [-0.4, -0.2) is 101 Å². The van der Waals surface area contributed by atoms with Gasteiger partial charge in [-0.05, 0) is 140 Å². The lowest BCUT2D eigenvalue weighted by Gasteiger charge is -2.59. The smallest absolute Gasteiger partial charge is 0.480 e. The number of carboxylic acids is 1. The van der Waals surface area contributed by atoms with Gasteiger partial charge in [-0.1, -0.05) is 42.5 Å². The summed E-state index contributed by atoms with van der Waals surface area (Å²) in [5.74, 6) is -1.87. The number of amides is 5. The average molecular weight is 908 g/mol. The Balaban J connectivity index is 1.35. The second-order valence-corrected chi connectivity index (χ2v) is 20.5. The second-order valence-electron chi connectivity index (χ2n) is 19.5. The van der Waals surface area contributed by atoms with Crippen molar-refractivity contribution in [2.75, 3.05) is 18.6 Å². The predicted octanol–water partition coefficient (Wildman–Crippen LogP) is 5.30. The van der Waals surface area contributed by atoms with Gasteiger partial charge < -0.3 is 45.9 Å². The molecule has 0 radical (unpaired) electrons. The minimum atomic E-state index is -1.21. The van der Waals surface area contributed by atoms with Gasteiger partial charge in [0.15, 0.2) is 0 Å². The standard InChI is InChI=1S/C47H65N5O11S/c1-45(2,3)62-43(59)51-36(23-29-13-15-33(16-14-29)61-44(60)63-46(4,5)6)40(55)52-38(47-24-30-19-31(25-47)21-32(20-30)26-47)41(56)48-27-37(53)49-35(22-28-11-9-8-10-12-28)39(54)50-34(42(57)58)17-18-64-7/h8-16,30-32,34-36,38H,17-27H2,1-7H3,(H,48,56)(H,49,53)(H,50,54)(H,51,59)(H,52,55)(H,57,58)/t30?,31?,32?,34-,35-,36-,38?,47?/m0/s1. The Morgan fingerprint density at radius 1 is 0.688 bits per heavy atom. The maximum absolute atomic E-state index is 14.5. The van der Waals surface area contributed by atoms with Crippen LogP contribution in [0.15, 0.2) is 54.6 Å². The fourth-order valence-corrected chi connectivity index (χ4v) is 10.0. The molecule has 4 aliphatic carbocycles. The van der Waals surface area contributed by atoms with Crippen LogP contribution in [0.2, 0.25) is 0 Å². The quantitative estimate of drug-likeness (QED) is 0.0780. The van der Waals surface area contributed by atoms with E-state index in [0.29, 0.717) is 48.3 Å². The van der Waals surface area contributed by atoms with Crippen molar-refractivity contribution in [3.8, 4) is 5.75 Å². The van der Waals surface area contributed by atoms with Crippen molar-refractivity contribution in [2.45, 2.75) is 135 Å². The maximum atomic E-state index is 14.5. The number of hydrogen-bond donors (Lipinski definition) is 6. The minimum absolute atomic E-state index is 0.0136. The molecule has 0 aliphatic heterocycles. The van der Waals surface area contributed by atoms with Gasteiger partial charge in [0, 0.05) is 18.3 Å². The number of rotatable bonds is 19. The second kappa shape index (κ2) is 21.6. The van der Waals surface area contributed by atoms with Crippen LogP contribution < -0.4 is 31.3 Å². The molecule has 4 atom stereocenters. The van der Waals surface area contributed by atoms with Crippen LogP contribution in [-0.2, 0) is 46.3 Å². The molecule has 16 nitrogen and oxygen atoms in total. The van der Waals surface area contributed by atoms with E-state index in [1.807, 2.05) is 12.3 Å². The Kier molecular flexibility index (Phi) is 16.8. The molecular weight excluding hydrogens is 843 g/mol. The highest BCUT2D eigenvalue weighted by Gasteiger charge is 2.56. The van der Waals surface area contributed by atoms with E-state index in [9.17, 15) is 38.7 Å². The van der Waals surface area contributed by atoms with Gasteiger partial charge in [-0.25, -0.2) is 14.4 Å². The van der Waals surface area contributed by atoms with Crippen molar-refractivity contribution < 1.29 is 52.9 Å². The first kappa shape index (κ1) is 49.7. The topological polar surface area (TPSA) is 228 Å². The molecule has 1 unspecified atom stereocenters. The normalized spacial score (nSPS) is 21.8. The highest BCUT2D eigenvalue weighted by Crippen LogP contribution is 2.61. The molecule has 2 aromatic carbocycles. The number of benzene rings is 2. The monoisotopic (exact) mass is 907 g/mol. The Hall–Kier alpha value is -5.32. The molecule has 64 heavy (non-hydrogen) atoms. The highest BCUT2D eigenvalue weighted by atomic mass is 32.2. The van der Waals surface area contributed by atoms with Crippen LogP contribution >= 0.6 is 11.8 Å². The number of carbonyl (C=O) groups excluding carboxylic acids is 6. The third-order valence-corrected chi connectivity index (χ3v) is 12.4. The number of thioether (sulfide) groups is 1. The van der Waals surface area contributed by atoms with Crippen molar-refractivity contribution in [1.29, 1.82) is 0 Å². The summed E-state index contributed by atoms with van der Waals surface area (Å²) in [6, 6.07) is 10.8. The number of alkyl carbamates (subject to hydrolysis) is 1. The maximum Gasteiger partial charge on any atom is 0.514 e. The summed E-state index contributed by atoms with van der Waals surface area (Å²) in [6.07, 6.45) is 5.69. The van der Waals surface area contributed by atoms with Gasteiger partial charge in [-0.3, -0.25) is 19.2 Å². The first-order chi connectivity index (χ1) is 30.1. The van der Waals surface area contributed by atoms with E-state index in [-0.39, 0.29) is 25.0 Å². The zero-order valence-electron chi connectivity index (χ0n) is 38.0. The Morgan fingerprint density at radius 2 is 1.22 bits per heavy atom. The van der Waals surface area contributed by atoms with Gasteiger partial charge >= 0.3 is 18.2 Å². The lowest BCUT2D eigenvalue weighted by atomic mass is 9.47. The summed E-state index contributed by atoms with van der Waals surface area (Å²) in [7, 11) is 0. The molecule has 0 spiro atoms. The van der Waals surface area contributed by atoms with E-state index in [1.54, 1.807) is 90.1 Å². The van der Waals surface area contributed by atoms with E-state index >= 15 is 0 Å². The molecule has 5 amide bonds. The number of hydrogen-bond acceptors (Lipinski definition) is 11. The SMILES string of the molecule is CSCC[C@H](NC(=O)[C@H](Cc1ccccc1)NC(=O)CNC(=O)C(NC(=O)[C@H](Cc1ccc(OC(=O)OC(C)(C)C)cc1)NC(=O)OC(C)(C)C)C12CC3CC(CC(C3)C1)C2)C(=O)O. The Morgan fingerprint density at radius 3 is 1.75 bits per heavy atom. The molecular formula is C47H65N5O11S. The molecule has 4 bridgehead atoms. The van der Waals surface area contributed by atoms with Gasteiger partial charge in [0.2, 0.25) is 23.6 Å². The van der Waals surface area contributed by atoms with E-state index < -0.39 is 89.2 Å². The van der Waals surface area contributed by atoms with Crippen LogP contribution in [0.1, 0.15) is 97.6 Å². The van der Waals surface area contributed by atoms with E-state index in [2.05, 4.69) is 26.6 Å². The van der Waals surface area contributed by atoms with Crippen molar-refractivity contribution in [2.24, 2.45) is 23.2 Å². The molecule has 2 aromatic rings. The van der Waals surface area contributed by atoms with Crippen LogP contribution in [0, 0.1) is 23.2 Å². The zero-order chi connectivity index (χ0) is 46.8. The van der Waals surface area contributed by atoms with Crippen LogP contribution in [0.5, 0.6) is 5.75 Å². The van der Waals surface area contributed by atoms with Gasteiger partial charge in [0.05, 0.1) is 6.54 Å². The molecule has 4 aliphatic rings. The van der Waals surface area contributed by atoms with Gasteiger partial charge in [-0.15, -0.1) is 0 Å². The van der Waals surface area contributed by atoms with Gasteiger partial charge in [0.25, 0.3) is 0 Å². The minimum Gasteiger partial charge on any atom is -0.480 e. The summed E-state index contributed by atoms with van der Waals surface area (Å²) in [5, 5.41) is 23.5. The molecule has 4 fully saturated rings. The fraction of sp³-hybridized carbons (Fsp3) is 0.596.